The molecule has 0 aliphatic carbocycles. The van der Waals surface area contributed by atoms with E-state index in [4.69, 9.17) is 16.3 Å². The van der Waals surface area contributed by atoms with Crippen LogP contribution in [0.5, 0.6) is 0 Å². The van der Waals surface area contributed by atoms with Crippen LogP contribution in [-0.2, 0) is 16.0 Å². The second kappa shape index (κ2) is 6.57. The number of likely N-dealkylation sites (tertiary alicyclic amines) is 1. The molecule has 0 saturated carbocycles. The topological polar surface area (TPSA) is 49.8 Å². The van der Waals surface area contributed by atoms with E-state index in [-0.39, 0.29) is 31.1 Å². The summed E-state index contributed by atoms with van der Waals surface area (Å²) in [5.74, 6) is -0.0175. The molecule has 1 N–H and O–H groups in total. The van der Waals surface area contributed by atoms with Crippen molar-refractivity contribution in [3.63, 3.8) is 0 Å². The Morgan fingerprint density at radius 2 is 2.30 bits per heavy atom. The summed E-state index contributed by atoms with van der Waals surface area (Å²) in [7, 11) is 1.63. The van der Waals surface area contributed by atoms with Crippen molar-refractivity contribution in [3.8, 4) is 0 Å². The van der Waals surface area contributed by atoms with Gasteiger partial charge in [-0.05, 0) is 24.5 Å². The lowest BCUT2D eigenvalue weighted by Gasteiger charge is -2.23. The lowest BCUT2D eigenvalue weighted by atomic mass is 10.1. The fourth-order valence-corrected chi connectivity index (χ4v) is 2.82. The summed E-state index contributed by atoms with van der Waals surface area (Å²) in [5.41, 5.74) is 1.79. The van der Waals surface area contributed by atoms with E-state index in [0.29, 0.717) is 18.0 Å². The zero-order valence-corrected chi connectivity index (χ0v) is 12.6. The molecular formula is C15H20ClNO3. The number of aliphatic hydroxyl groups excluding tert-OH is 1. The lowest BCUT2D eigenvalue weighted by molar-refractivity contribution is -0.132. The number of amides is 1. The Hall–Kier alpha value is -1.10. The number of hydrogen-bond donors (Lipinski definition) is 1. The molecule has 1 aliphatic heterocycles. The number of aliphatic hydroxyl groups is 1. The molecule has 1 aromatic carbocycles. The van der Waals surface area contributed by atoms with Gasteiger partial charge in [0.15, 0.2) is 0 Å². The number of methoxy groups -OCH3 is 1. The third-order valence-corrected chi connectivity index (χ3v) is 4.39. The Balaban J connectivity index is 2.09. The Morgan fingerprint density at radius 3 is 2.95 bits per heavy atom. The third kappa shape index (κ3) is 3.14. The van der Waals surface area contributed by atoms with E-state index in [1.807, 2.05) is 25.1 Å². The van der Waals surface area contributed by atoms with Crippen molar-refractivity contribution < 1.29 is 14.6 Å². The van der Waals surface area contributed by atoms with E-state index in [1.165, 1.54) is 0 Å². The first-order chi connectivity index (χ1) is 9.56. The summed E-state index contributed by atoms with van der Waals surface area (Å²) < 4.78 is 5.29. The van der Waals surface area contributed by atoms with E-state index in [1.54, 1.807) is 12.0 Å². The zero-order chi connectivity index (χ0) is 14.7. The van der Waals surface area contributed by atoms with Crippen LogP contribution in [0.2, 0.25) is 5.02 Å². The van der Waals surface area contributed by atoms with Crippen molar-refractivity contribution in [2.75, 3.05) is 20.3 Å². The van der Waals surface area contributed by atoms with Crippen molar-refractivity contribution in [1.82, 2.24) is 4.90 Å². The number of benzene rings is 1. The van der Waals surface area contributed by atoms with Crippen LogP contribution in [0.1, 0.15) is 17.5 Å². The molecule has 1 heterocycles. The van der Waals surface area contributed by atoms with Gasteiger partial charge in [0, 0.05) is 18.7 Å². The van der Waals surface area contributed by atoms with Crippen molar-refractivity contribution in [1.29, 1.82) is 0 Å². The number of nitrogens with zero attached hydrogens (tertiary/aromatic N) is 1. The maximum atomic E-state index is 12.4. The molecule has 5 heteroatoms. The average molecular weight is 298 g/mol. The van der Waals surface area contributed by atoms with Gasteiger partial charge in [-0.25, -0.2) is 0 Å². The second-order valence-electron chi connectivity index (χ2n) is 5.20. The van der Waals surface area contributed by atoms with Gasteiger partial charge in [0.1, 0.15) is 0 Å². The highest BCUT2D eigenvalue weighted by molar-refractivity contribution is 6.32. The summed E-state index contributed by atoms with van der Waals surface area (Å²) in [6.45, 7) is 2.42. The standard InChI is InChI=1S/C15H20ClNO3/c1-10-4-3-5-11(15(10)16)6-14(19)17-8-13(20-2)7-12(17)9-18/h3-5,12-13,18H,6-9H2,1-2H3/t12-,13+/m0/s1. The third-order valence-electron chi connectivity index (χ3n) is 3.85. The summed E-state index contributed by atoms with van der Waals surface area (Å²) >= 11 is 6.23. The molecule has 20 heavy (non-hydrogen) atoms. The number of ether oxygens (including phenoxy) is 1. The summed E-state index contributed by atoms with van der Waals surface area (Å²) in [5, 5.41) is 10.0. The van der Waals surface area contributed by atoms with Gasteiger partial charge < -0.3 is 14.7 Å². The molecule has 0 radical (unpaired) electrons. The largest absolute Gasteiger partial charge is 0.394 e. The molecule has 1 amide bonds. The number of hydrogen-bond acceptors (Lipinski definition) is 3. The van der Waals surface area contributed by atoms with Gasteiger partial charge in [-0.2, -0.15) is 0 Å². The molecule has 0 bridgehead atoms. The number of carbonyl (C=O) groups excluding carboxylic acids is 1. The molecule has 2 atom stereocenters. The molecule has 4 nitrogen and oxygen atoms in total. The van der Waals surface area contributed by atoms with Crippen molar-refractivity contribution in [2.24, 2.45) is 0 Å². The molecule has 2 rings (SSSR count). The first-order valence-corrected chi connectivity index (χ1v) is 7.11. The molecule has 1 aromatic rings. The SMILES string of the molecule is CO[C@@H]1C[C@@H](CO)N(C(=O)Cc2cccc(C)c2Cl)C1. The van der Waals surface area contributed by atoms with E-state index < -0.39 is 0 Å². The number of halogens is 1. The van der Waals surface area contributed by atoms with Gasteiger partial charge in [0.25, 0.3) is 0 Å². The maximum Gasteiger partial charge on any atom is 0.227 e. The second-order valence-corrected chi connectivity index (χ2v) is 5.58. The predicted molar refractivity (Wildman–Crippen MR) is 77.9 cm³/mol. The highest BCUT2D eigenvalue weighted by Crippen LogP contribution is 2.24. The van der Waals surface area contributed by atoms with E-state index >= 15 is 0 Å². The average Bonchev–Trinajstić information content (AvgIpc) is 2.87. The first-order valence-electron chi connectivity index (χ1n) is 6.74. The van der Waals surface area contributed by atoms with Gasteiger partial charge >= 0.3 is 0 Å². The lowest BCUT2D eigenvalue weighted by Crippen LogP contribution is -2.39. The minimum Gasteiger partial charge on any atom is -0.394 e. The number of rotatable bonds is 4. The highest BCUT2D eigenvalue weighted by atomic mass is 35.5. The number of carbonyl (C=O) groups is 1. The molecule has 1 fully saturated rings. The summed E-state index contributed by atoms with van der Waals surface area (Å²) in [6.07, 6.45) is 0.942. The van der Waals surface area contributed by atoms with Crippen LogP contribution in [0.15, 0.2) is 18.2 Å². The fourth-order valence-electron chi connectivity index (χ4n) is 2.63. The van der Waals surface area contributed by atoms with Crippen LogP contribution in [0, 0.1) is 6.92 Å². The molecule has 1 aliphatic rings. The van der Waals surface area contributed by atoms with Crippen LogP contribution < -0.4 is 0 Å². The predicted octanol–water partition coefficient (Wildman–Crippen LogP) is 1.80. The Morgan fingerprint density at radius 1 is 1.55 bits per heavy atom. The van der Waals surface area contributed by atoms with Crippen LogP contribution in [-0.4, -0.2) is 48.3 Å². The quantitative estimate of drug-likeness (QED) is 0.922. The van der Waals surface area contributed by atoms with Crippen molar-refractivity contribution >= 4 is 17.5 Å². The normalized spacial score (nSPS) is 22.3. The molecule has 1 saturated heterocycles. The van der Waals surface area contributed by atoms with Crippen molar-refractivity contribution in [2.45, 2.75) is 31.9 Å². The van der Waals surface area contributed by atoms with Crippen LogP contribution in [0.3, 0.4) is 0 Å². The highest BCUT2D eigenvalue weighted by Gasteiger charge is 2.34. The molecule has 0 unspecified atom stereocenters. The van der Waals surface area contributed by atoms with Gasteiger partial charge in [-0.15, -0.1) is 0 Å². The van der Waals surface area contributed by atoms with Crippen LogP contribution >= 0.6 is 11.6 Å². The van der Waals surface area contributed by atoms with Gasteiger partial charge in [-0.1, -0.05) is 29.8 Å². The molecule has 0 spiro atoms. The van der Waals surface area contributed by atoms with Gasteiger partial charge in [0.05, 0.1) is 25.2 Å². The van der Waals surface area contributed by atoms with Crippen LogP contribution in [0.25, 0.3) is 0 Å². The minimum atomic E-state index is -0.156. The maximum absolute atomic E-state index is 12.4. The smallest absolute Gasteiger partial charge is 0.227 e. The molecular weight excluding hydrogens is 278 g/mol. The molecule has 110 valence electrons. The first kappa shape index (κ1) is 15.3. The Bertz CT molecular complexity index is 492. The Kier molecular flexibility index (Phi) is 5.02. The zero-order valence-electron chi connectivity index (χ0n) is 11.8. The van der Waals surface area contributed by atoms with Gasteiger partial charge in [-0.3, -0.25) is 4.79 Å². The van der Waals surface area contributed by atoms with Crippen molar-refractivity contribution in [3.05, 3.63) is 34.3 Å². The number of aryl methyl sites for hydroxylation is 1. The summed E-state index contributed by atoms with van der Waals surface area (Å²) in [6, 6.07) is 5.53. The van der Waals surface area contributed by atoms with E-state index in [9.17, 15) is 9.90 Å². The van der Waals surface area contributed by atoms with Crippen LogP contribution in [0.4, 0.5) is 0 Å². The van der Waals surface area contributed by atoms with E-state index in [2.05, 4.69) is 0 Å². The Labute approximate surface area is 124 Å². The minimum absolute atomic E-state index is 0.00378. The van der Waals surface area contributed by atoms with Gasteiger partial charge in [0.2, 0.25) is 5.91 Å². The summed E-state index contributed by atoms with van der Waals surface area (Å²) in [4.78, 5) is 14.1. The fraction of sp³-hybridized carbons (Fsp3) is 0.533. The monoisotopic (exact) mass is 297 g/mol. The van der Waals surface area contributed by atoms with E-state index in [0.717, 1.165) is 11.1 Å². The molecule has 0 aromatic heterocycles.